The Labute approximate surface area is 285 Å². The summed E-state index contributed by atoms with van der Waals surface area (Å²) in [4.78, 5) is 51.1. The molecule has 0 bridgehead atoms. The van der Waals surface area contributed by atoms with E-state index in [1.165, 1.54) is 4.90 Å². The smallest absolute Gasteiger partial charge is 0.405 e. The first-order valence-corrected chi connectivity index (χ1v) is 16.6. The number of benzene rings is 2. The van der Waals surface area contributed by atoms with E-state index in [-0.39, 0.29) is 31.0 Å². The number of hydrogen-bond donors (Lipinski definition) is 1. The van der Waals surface area contributed by atoms with Crippen molar-refractivity contribution in [3.63, 3.8) is 0 Å². The van der Waals surface area contributed by atoms with Crippen molar-refractivity contribution in [1.29, 1.82) is 0 Å². The Balaban J connectivity index is 1.05. The van der Waals surface area contributed by atoms with Gasteiger partial charge in [0.05, 0.1) is 24.2 Å². The van der Waals surface area contributed by atoms with Gasteiger partial charge in [0.2, 0.25) is 0 Å². The van der Waals surface area contributed by atoms with Crippen LogP contribution < -0.4 is 10.2 Å². The van der Waals surface area contributed by atoms with Gasteiger partial charge in [-0.3, -0.25) is 18.6 Å². The SMILES string of the molecule is CCC(C(=O)OCn1ccc2c1ncc1ncc([C@H]3CN(C(=O)NCC(F)(F)F)C[C@H]3CC)n12)c1ccc(N2Cc3ccccc3C2=O)cc1. The zero-order valence-electron chi connectivity index (χ0n) is 27.6. The summed E-state index contributed by atoms with van der Waals surface area (Å²) >= 11 is 0. The Bertz CT molecular complexity index is 2070. The van der Waals surface area contributed by atoms with E-state index >= 15 is 0 Å². The third kappa shape index (κ3) is 6.14. The zero-order valence-corrected chi connectivity index (χ0v) is 27.6. The minimum Gasteiger partial charge on any atom is -0.443 e. The van der Waals surface area contributed by atoms with Crippen molar-refractivity contribution in [2.45, 2.75) is 58.0 Å². The molecule has 3 atom stereocenters. The first-order chi connectivity index (χ1) is 24.1. The number of carbonyl (C=O) groups is 3. The van der Waals surface area contributed by atoms with Crippen LogP contribution in [0.4, 0.5) is 23.7 Å². The van der Waals surface area contributed by atoms with Crippen LogP contribution in [-0.4, -0.2) is 67.6 Å². The minimum atomic E-state index is -4.49. The number of anilines is 1. The molecule has 1 N–H and O–H groups in total. The molecule has 1 unspecified atom stereocenters. The number of aromatic nitrogens is 4. The molecule has 0 aliphatic carbocycles. The van der Waals surface area contributed by atoms with Crippen LogP contribution in [0.2, 0.25) is 0 Å². The van der Waals surface area contributed by atoms with E-state index in [0.717, 1.165) is 34.4 Å². The highest BCUT2D eigenvalue weighted by atomic mass is 19.4. The van der Waals surface area contributed by atoms with E-state index < -0.39 is 30.6 Å². The van der Waals surface area contributed by atoms with Gasteiger partial charge in [-0.1, -0.05) is 50.6 Å². The van der Waals surface area contributed by atoms with Gasteiger partial charge in [0.25, 0.3) is 5.91 Å². The summed E-state index contributed by atoms with van der Waals surface area (Å²) in [6, 6.07) is 16.1. The van der Waals surface area contributed by atoms with Crippen LogP contribution in [0.1, 0.15) is 65.7 Å². The summed E-state index contributed by atoms with van der Waals surface area (Å²) in [5, 5.41) is 1.98. The van der Waals surface area contributed by atoms with Gasteiger partial charge in [-0.2, -0.15) is 13.2 Å². The normalized spacial score (nSPS) is 18.2. The fourth-order valence-electron chi connectivity index (χ4n) is 7.18. The second-order valence-corrected chi connectivity index (χ2v) is 12.8. The molecule has 14 heteroatoms. The van der Waals surface area contributed by atoms with Gasteiger partial charge in [0.1, 0.15) is 6.54 Å². The van der Waals surface area contributed by atoms with Crippen LogP contribution >= 0.6 is 0 Å². The zero-order chi connectivity index (χ0) is 35.2. The fourth-order valence-corrected chi connectivity index (χ4v) is 7.18. The molecule has 1 fully saturated rings. The van der Waals surface area contributed by atoms with E-state index in [1.807, 2.05) is 78.2 Å². The van der Waals surface area contributed by atoms with Gasteiger partial charge in [-0.15, -0.1) is 0 Å². The van der Waals surface area contributed by atoms with Crippen molar-refractivity contribution in [3.05, 3.63) is 95.6 Å². The van der Waals surface area contributed by atoms with E-state index in [0.29, 0.717) is 36.4 Å². The average Bonchev–Trinajstić information content (AvgIpc) is 3.90. The second-order valence-electron chi connectivity index (χ2n) is 12.8. The van der Waals surface area contributed by atoms with Crippen LogP contribution in [0, 0.1) is 5.92 Å². The third-order valence-corrected chi connectivity index (χ3v) is 9.81. The van der Waals surface area contributed by atoms with Crippen molar-refractivity contribution in [3.8, 4) is 0 Å². The lowest BCUT2D eigenvalue weighted by molar-refractivity contribution is -0.149. The maximum atomic E-state index is 13.4. The number of nitrogens with zero attached hydrogens (tertiary/aromatic N) is 6. The van der Waals surface area contributed by atoms with Crippen LogP contribution in [0.5, 0.6) is 0 Å². The summed E-state index contributed by atoms with van der Waals surface area (Å²) in [7, 11) is 0. The van der Waals surface area contributed by atoms with Gasteiger partial charge < -0.3 is 19.9 Å². The number of amides is 3. The summed E-state index contributed by atoms with van der Waals surface area (Å²) in [6.45, 7) is 3.53. The molecule has 5 aromatic rings. The topological polar surface area (TPSA) is 114 Å². The van der Waals surface area contributed by atoms with Crippen molar-refractivity contribution in [2.75, 3.05) is 24.5 Å². The maximum Gasteiger partial charge on any atom is 0.405 e. The number of urea groups is 1. The molecular weight excluding hydrogens is 651 g/mol. The highest BCUT2D eigenvalue weighted by Crippen LogP contribution is 2.36. The van der Waals surface area contributed by atoms with E-state index in [2.05, 4.69) is 9.97 Å². The number of imidazole rings is 1. The average molecular weight is 688 g/mol. The number of hydrogen-bond acceptors (Lipinski definition) is 6. The number of halogens is 3. The number of esters is 1. The number of alkyl halides is 3. The Morgan fingerprint density at radius 2 is 1.80 bits per heavy atom. The molecule has 11 nitrogen and oxygen atoms in total. The van der Waals surface area contributed by atoms with Crippen molar-refractivity contribution >= 4 is 40.4 Å². The Morgan fingerprint density at radius 3 is 2.52 bits per heavy atom. The minimum absolute atomic E-state index is 0.0185. The van der Waals surface area contributed by atoms with Crippen molar-refractivity contribution in [2.24, 2.45) is 5.92 Å². The molecule has 50 heavy (non-hydrogen) atoms. The summed E-state index contributed by atoms with van der Waals surface area (Å²) in [6.07, 6.45) is 1.87. The molecule has 2 aliphatic heterocycles. The molecule has 2 aliphatic rings. The molecule has 2 aromatic carbocycles. The number of fused-ring (bicyclic) bond motifs is 4. The molecule has 0 saturated carbocycles. The fraction of sp³-hybridized carbons (Fsp3) is 0.361. The lowest BCUT2D eigenvalue weighted by Gasteiger charge is -2.19. The maximum absolute atomic E-state index is 13.4. The summed E-state index contributed by atoms with van der Waals surface area (Å²) < 4.78 is 47.6. The quantitative estimate of drug-likeness (QED) is 0.184. The molecule has 0 radical (unpaired) electrons. The van der Waals surface area contributed by atoms with E-state index in [1.54, 1.807) is 28.1 Å². The highest BCUT2D eigenvalue weighted by molar-refractivity contribution is 6.10. The first kappa shape index (κ1) is 33.1. The second kappa shape index (κ2) is 13.1. The summed E-state index contributed by atoms with van der Waals surface area (Å²) in [5.74, 6) is -1.09. The van der Waals surface area contributed by atoms with Crippen molar-refractivity contribution in [1.82, 2.24) is 29.2 Å². The summed E-state index contributed by atoms with van der Waals surface area (Å²) in [5.41, 5.74) is 5.93. The molecule has 5 heterocycles. The molecule has 1 saturated heterocycles. The van der Waals surface area contributed by atoms with Crippen molar-refractivity contribution < 1.29 is 32.3 Å². The van der Waals surface area contributed by atoms with Gasteiger partial charge in [-0.05, 0) is 47.7 Å². The highest BCUT2D eigenvalue weighted by Gasteiger charge is 2.38. The van der Waals surface area contributed by atoms with E-state index in [4.69, 9.17) is 4.74 Å². The number of carbonyl (C=O) groups excluding carboxylic acids is 3. The Hall–Kier alpha value is -5.40. The van der Waals surface area contributed by atoms with Crippen LogP contribution in [-0.2, 0) is 22.8 Å². The first-order valence-electron chi connectivity index (χ1n) is 16.6. The van der Waals surface area contributed by atoms with Gasteiger partial charge >= 0.3 is 18.2 Å². The molecule has 260 valence electrons. The van der Waals surface area contributed by atoms with Gasteiger partial charge in [0.15, 0.2) is 18.0 Å². The predicted octanol–water partition coefficient (Wildman–Crippen LogP) is 6.24. The number of nitrogens with one attached hydrogen (secondary N) is 1. The molecule has 7 rings (SSSR count). The Kier molecular flexibility index (Phi) is 8.70. The standard InChI is InChI=1S/C36H36F3N7O4/c1-3-22-17-44(35(49)42-20-36(37,38)39)19-28(22)30-15-40-31-16-41-32-29(46(30)31)13-14-43(32)21-50-34(48)26(4-2)23-9-11-25(12-10-23)45-18-24-7-5-6-8-27(24)33(45)47/h5-16,22,26,28H,3-4,17-21H2,1-2H3,(H,42,49)/t22-,26?,28+/m1/s1. The van der Waals surface area contributed by atoms with Crippen LogP contribution in [0.25, 0.3) is 16.8 Å². The van der Waals surface area contributed by atoms with Gasteiger partial charge in [-0.25, -0.2) is 14.8 Å². The lowest BCUT2D eigenvalue weighted by atomic mass is 9.91. The van der Waals surface area contributed by atoms with Gasteiger partial charge in [0, 0.05) is 48.3 Å². The van der Waals surface area contributed by atoms with E-state index in [9.17, 15) is 27.6 Å². The molecule has 3 aromatic heterocycles. The predicted molar refractivity (Wildman–Crippen MR) is 179 cm³/mol. The number of likely N-dealkylation sites (tertiary alicyclic amines) is 1. The number of ether oxygens (including phenoxy) is 1. The lowest BCUT2D eigenvalue weighted by Crippen LogP contribution is -2.42. The largest absolute Gasteiger partial charge is 0.443 e. The monoisotopic (exact) mass is 687 g/mol. The molecule has 3 amide bonds. The number of rotatable bonds is 9. The van der Waals surface area contributed by atoms with Crippen LogP contribution in [0.15, 0.2) is 73.2 Å². The molecular formula is C36H36F3N7O4. The van der Waals surface area contributed by atoms with Crippen LogP contribution in [0.3, 0.4) is 0 Å². The molecule has 0 spiro atoms. The third-order valence-electron chi connectivity index (χ3n) is 9.81. The Morgan fingerprint density at radius 1 is 1.02 bits per heavy atom.